The molecule has 212 valence electrons. The smallest absolute Gasteiger partial charge is 0.317 e. The van der Waals surface area contributed by atoms with Crippen LogP contribution in [-0.2, 0) is 0 Å². The third-order valence-electron chi connectivity index (χ3n) is 7.55. The number of hydrogen-bond acceptors (Lipinski definition) is 8. The van der Waals surface area contributed by atoms with Gasteiger partial charge in [0.15, 0.2) is 5.82 Å². The van der Waals surface area contributed by atoms with Gasteiger partial charge in [0.05, 0.1) is 17.4 Å². The molecule has 3 aromatic rings. The molecule has 11 nitrogen and oxygen atoms in total. The van der Waals surface area contributed by atoms with E-state index in [4.69, 9.17) is 0 Å². The largest absolute Gasteiger partial charge is 0.368 e. The van der Waals surface area contributed by atoms with Crippen LogP contribution in [0.5, 0.6) is 0 Å². The Kier molecular flexibility index (Phi) is 8.79. The number of hydrogen-bond donors (Lipinski definition) is 4. The van der Waals surface area contributed by atoms with E-state index in [2.05, 4.69) is 42.2 Å². The highest BCUT2D eigenvalue weighted by Crippen LogP contribution is 2.25. The quantitative estimate of drug-likeness (QED) is 0.339. The zero-order valence-corrected chi connectivity index (χ0v) is 23.2. The first kappa shape index (κ1) is 27.7. The van der Waals surface area contributed by atoms with Crippen LogP contribution >= 0.6 is 0 Å². The molecule has 1 aliphatic heterocycles. The molecule has 2 fully saturated rings. The number of carbonyl (C=O) groups is 2. The van der Waals surface area contributed by atoms with E-state index in [1.165, 1.54) is 25.5 Å². The molecule has 2 aliphatic rings. The molecule has 0 bridgehead atoms. The summed E-state index contributed by atoms with van der Waals surface area (Å²) in [6.07, 6.45) is 7.29. The number of benzene rings is 2. The Hall–Kier alpha value is -4.85. The fraction of sp³-hybridized carbons (Fsp3) is 0.367. The number of nitrogens with zero attached hydrogens (tertiary/aromatic N) is 5. The van der Waals surface area contributed by atoms with Crippen molar-refractivity contribution in [2.75, 3.05) is 48.8 Å². The van der Waals surface area contributed by atoms with Gasteiger partial charge in [0, 0.05) is 50.6 Å². The van der Waals surface area contributed by atoms with E-state index >= 15 is 0 Å². The van der Waals surface area contributed by atoms with Gasteiger partial charge in [-0.1, -0.05) is 31.4 Å². The van der Waals surface area contributed by atoms with E-state index in [1.54, 1.807) is 31.3 Å². The molecule has 0 unspecified atom stereocenters. The maximum absolute atomic E-state index is 12.7. The van der Waals surface area contributed by atoms with Crippen molar-refractivity contribution in [1.82, 2.24) is 25.5 Å². The molecule has 0 atom stereocenters. The summed E-state index contributed by atoms with van der Waals surface area (Å²) in [5.41, 5.74) is 3.10. The highest BCUT2D eigenvalue weighted by Gasteiger charge is 2.24. The minimum absolute atomic E-state index is 0.0597. The molecule has 11 heteroatoms. The Morgan fingerprint density at radius 2 is 1.68 bits per heavy atom. The normalized spacial score (nSPS) is 15.5. The summed E-state index contributed by atoms with van der Waals surface area (Å²) < 4.78 is 0. The minimum Gasteiger partial charge on any atom is -0.368 e. The number of urea groups is 1. The van der Waals surface area contributed by atoms with Crippen LogP contribution in [0.3, 0.4) is 0 Å². The lowest BCUT2D eigenvalue weighted by Crippen LogP contribution is -2.53. The monoisotopic (exact) mass is 553 g/mol. The summed E-state index contributed by atoms with van der Waals surface area (Å²) >= 11 is 0. The number of amides is 3. The average molecular weight is 554 g/mol. The molecule has 0 spiro atoms. The van der Waals surface area contributed by atoms with Gasteiger partial charge in [-0.25, -0.2) is 9.78 Å². The van der Waals surface area contributed by atoms with Crippen molar-refractivity contribution in [3.05, 3.63) is 65.9 Å². The second-order valence-electron chi connectivity index (χ2n) is 10.2. The average Bonchev–Trinajstić information content (AvgIpc) is 3.02. The number of rotatable bonds is 7. The zero-order chi connectivity index (χ0) is 28.6. The van der Waals surface area contributed by atoms with Crippen molar-refractivity contribution in [3.63, 3.8) is 0 Å². The van der Waals surface area contributed by atoms with Crippen LogP contribution in [0.4, 0.5) is 33.6 Å². The predicted octanol–water partition coefficient (Wildman–Crippen LogP) is 4.36. The molecule has 2 aromatic carbocycles. The van der Waals surface area contributed by atoms with Gasteiger partial charge in [-0.15, -0.1) is 0 Å². The third-order valence-corrected chi connectivity index (χ3v) is 7.55. The van der Waals surface area contributed by atoms with Crippen molar-refractivity contribution in [2.45, 2.75) is 38.1 Å². The van der Waals surface area contributed by atoms with E-state index in [9.17, 15) is 14.9 Å². The van der Waals surface area contributed by atoms with Gasteiger partial charge in [-0.05, 0) is 49.2 Å². The molecule has 0 radical (unpaired) electrons. The Bertz CT molecular complexity index is 1410. The predicted molar refractivity (Wildman–Crippen MR) is 159 cm³/mol. The van der Waals surface area contributed by atoms with Crippen LogP contribution < -0.4 is 26.2 Å². The fourth-order valence-electron chi connectivity index (χ4n) is 5.24. The first-order valence-electron chi connectivity index (χ1n) is 14.1. The van der Waals surface area contributed by atoms with Crippen molar-refractivity contribution in [3.8, 4) is 6.07 Å². The number of anilines is 5. The van der Waals surface area contributed by atoms with E-state index in [-0.39, 0.29) is 17.5 Å². The lowest BCUT2D eigenvalue weighted by molar-refractivity contribution is 0.0964. The molecule has 2 heterocycles. The van der Waals surface area contributed by atoms with E-state index < -0.39 is 0 Å². The molecule has 4 N–H and O–H groups in total. The number of nitriles is 1. The summed E-state index contributed by atoms with van der Waals surface area (Å²) in [5, 5.41) is 21.7. The van der Waals surface area contributed by atoms with E-state index in [1.807, 2.05) is 29.2 Å². The summed E-state index contributed by atoms with van der Waals surface area (Å²) in [5.74, 6) is 0.362. The van der Waals surface area contributed by atoms with Gasteiger partial charge >= 0.3 is 6.03 Å². The zero-order valence-electron chi connectivity index (χ0n) is 23.2. The van der Waals surface area contributed by atoms with Gasteiger partial charge in [-0.2, -0.15) is 10.2 Å². The minimum atomic E-state index is -0.247. The van der Waals surface area contributed by atoms with Crippen molar-refractivity contribution in [1.29, 1.82) is 5.26 Å². The summed E-state index contributed by atoms with van der Waals surface area (Å²) in [4.78, 5) is 37.9. The highest BCUT2D eigenvalue weighted by atomic mass is 16.2. The number of para-hydroxylation sites is 1. The first-order chi connectivity index (χ1) is 20.0. The topological polar surface area (TPSA) is 138 Å². The summed E-state index contributed by atoms with van der Waals surface area (Å²) in [7, 11) is 1.56. The standard InChI is InChI=1S/C30H35N9O2/c1-32-28(40)25-9-5-6-10-26(25)36-27-21(19-31)20-33-29(37-27)34-23-11-13-24(14-12-23)38-15-17-39(18-16-38)30(41)35-22-7-3-2-4-8-22/h5-6,9-14,20,22H,2-4,7-8,15-18H2,1H3,(H,32,40)(H,35,41)(H2,33,34,36,37). The lowest BCUT2D eigenvalue weighted by atomic mass is 9.96. The molecule has 1 saturated carbocycles. The van der Waals surface area contributed by atoms with Crippen molar-refractivity contribution in [2.24, 2.45) is 0 Å². The molecular formula is C30H35N9O2. The molecule has 41 heavy (non-hydrogen) atoms. The highest BCUT2D eigenvalue weighted by molar-refractivity contribution is 6.00. The second kappa shape index (κ2) is 13.0. The van der Waals surface area contributed by atoms with Gasteiger partial charge in [0.1, 0.15) is 11.6 Å². The van der Waals surface area contributed by atoms with Gasteiger partial charge in [-0.3, -0.25) is 4.79 Å². The van der Waals surface area contributed by atoms with Crippen LogP contribution in [0, 0.1) is 11.3 Å². The maximum atomic E-state index is 12.7. The first-order valence-corrected chi connectivity index (χ1v) is 14.1. The summed E-state index contributed by atoms with van der Waals surface area (Å²) in [6, 6.07) is 17.5. The van der Waals surface area contributed by atoms with Crippen LogP contribution in [0.1, 0.15) is 48.0 Å². The summed E-state index contributed by atoms with van der Waals surface area (Å²) in [6.45, 7) is 2.93. The van der Waals surface area contributed by atoms with E-state index in [0.29, 0.717) is 42.1 Å². The Balaban J connectivity index is 1.19. The number of aromatic nitrogens is 2. The Morgan fingerprint density at radius 3 is 2.39 bits per heavy atom. The van der Waals surface area contributed by atoms with Crippen LogP contribution in [0.2, 0.25) is 0 Å². The molecule has 1 saturated heterocycles. The van der Waals surface area contributed by atoms with Gasteiger partial charge < -0.3 is 31.1 Å². The van der Waals surface area contributed by atoms with Gasteiger partial charge in [0.2, 0.25) is 5.95 Å². The molecule has 5 rings (SSSR count). The molecular weight excluding hydrogens is 518 g/mol. The molecule has 1 aromatic heterocycles. The molecule has 1 aliphatic carbocycles. The maximum Gasteiger partial charge on any atom is 0.317 e. The van der Waals surface area contributed by atoms with Crippen LogP contribution in [-0.4, -0.2) is 66.1 Å². The number of carbonyl (C=O) groups excluding carboxylic acids is 2. The Labute approximate surface area is 240 Å². The van der Waals surface area contributed by atoms with E-state index in [0.717, 1.165) is 37.3 Å². The van der Waals surface area contributed by atoms with Crippen molar-refractivity contribution >= 4 is 40.8 Å². The van der Waals surface area contributed by atoms with Crippen LogP contribution in [0.15, 0.2) is 54.7 Å². The number of piperazine rings is 1. The SMILES string of the molecule is CNC(=O)c1ccccc1Nc1nc(Nc2ccc(N3CCN(C(=O)NC4CCCCC4)CC3)cc2)ncc1C#N. The third kappa shape index (κ3) is 6.84. The van der Waals surface area contributed by atoms with Gasteiger partial charge in [0.25, 0.3) is 5.91 Å². The Morgan fingerprint density at radius 1 is 0.951 bits per heavy atom. The molecule has 3 amide bonds. The lowest BCUT2D eigenvalue weighted by Gasteiger charge is -2.37. The number of nitrogens with one attached hydrogen (secondary N) is 4. The second-order valence-corrected chi connectivity index (χ2v) is 10.2. The fourth-order valence-corrected chi connectivity index (χ4v) is 5.24. The van der Waals surface area contributed by atoms with Crippen LogP contribution in [0.25, 0.3) is 0 Å². The van der Waals surface area contributed by atoms with Crippen molar-refractivity contribution < 1.29 is 9.59 Å².